The minimum absolute atomic E-state index is 0.0120. The van der Waals surface area contributed by atoms with Crippen LogP contribution in [-0.2, 0) is 24.1 Å². The van der Waals surface area contributed by atoms with E-state index < -0.39 is 41.3 Å². The van der Waals surface area contributed by atoms with Gasteiger partial charge in [0.1, 0.15) is 0 Å². The highest BCUT2D eigenvalue weighted by atomic mass is 35.5. The number of pyridine rings is 1. The lowest BCUT2D eigenvalue weighted by atomic mass is 9.86. The maximum absolute atomic E-state index is 14.4. The molecule has 0 aliphatic heterocycles. The van der Waals surface area contributed by atoms with Crippen LogP contribution in [0.3, 0.4) is 0 Å². The molecule has 0 saturated heterocycles. The minimum atomic E-state index is -4.87. The van der Waals surface area contributed by atoms with E-state index in [1.54, 1.807) is 38.1 Å². The van der Waals surface area contributed by atoms with E-state index in [2.05, 4.69) is 5.10 Å². The average molecular weight is 579 g/mol. The summed E-state index contributed by atoms with van der Waals surface area (Å²) in [6, 6.07) is 9.22. The van der Waals surface area contributed by atoms with Gasteiger partial charge < -0.3 is 14.6 Å². The fraction of sp³-hybridized carbons (Fsp3) is 0.429. The Hall–Kier alpha value is -3.60. The van der Waals surface area contributed by atoms with Gasteiger partial charge >= 0.3 is 12.1 Å². The number of carbonyl (C=O) groups excluding carboxylic acids is 1. The zero-order chi connectivity index (χ0) is 29.2. The summed E-state index contributed by atoms with van der Waals surface area (Å²) in [4.78, 5) is 38.9. The second kappa shape index (κ2) is 11.9. The topological polar surface area (TPSA) is 97.4 Å². The maximum atomic E-state index is 14.4. The Balaban J connectivity index is 1.67. The first-order valence-corrected chi connectivity index (χ1v) is 13.3. The van der Waals surface area contributed by atoms with Crippen LogP contribution in [0, 0.1) is 19.8 Å². The Labute approximate surface area is 234 Å². The van der Waals surface area contributed by atoms with Crippen molar-refractivity contribution in [3.63, 3.8) is 0 Å². The molecule has 0 unspecified atom stereocenters. The van der Waals surface area contributed by atoms with Gasteiger partial charge in [-0.3, -0.25) is 19.1 Å². The smallest absolute Gasteiger partial charge is 0.433 e. The molecule has 0 spiro atoms. The third-order valence-electron chi connectivity index (χ3n) is 7.33. The van der Waals surface area contributed by atoms with E-state index >= 15 is 0 Å². The molecular formula is C28H30ClF3N4O4. The Morgan fingerprint density at radius 1 is 1.10 bits per heavy atom. The molecule has 0 bridgehead atoms. The van der Waals surface area contributed by atoms with Gasteiger partial charge in [0, 0.05) is 36.4 Å². The van der Waals surface area contributed by atoms with Gasteiger partial charge in [0.25, 0.3) is 11.5 Å². The van der Waals surface area contributed by atoms with Gasteiger partial charge in [-0.25, -0.2) is 0 Å². The van der Waals surface area contributed by atoms with Gasteiger partial charge in [-0.2, -0.15) is 18.3 Å². The molecule has 3 aromatic rings. The lowest BCUT2D eigenvalue weighted by Gasteiger charge is -2.28. The van der Waals surface area contributed by atoms with Crippen molar-refractivity contribution in [2.45, 2.75) is 64.8 Å². The van der Waals surface area contributed by atoms with Crippen molar-refractivity contribution in [2.75, 3.05) is 6.54 Å². The molecule has 1 aromatic carbocycles. The third-order valence-corrected chi connectivity index (χ3v) is 7.59. The minimum Gasteiger partial charge on any atom is -0.481 e. The number of halogens is 4. The number of aliphatic carboxylic acids is 1. The maximum Gasteiger partial charge on any atom is 0.433 e. The Morgan fingerprint density at radius 2 is 1.75 bits per heavy atom. The zero-order valence-corrected chi connectivity index (χ0v) is 22.9. The van der Waals surface area contributed by atoms with Gasteiger partial charge in [0.15, 0.2) is 5.69 Å². The van der Waals surface area contributed by atoms with Crippen molar-refractivity contribution >= 4 is 23.5 Å². The van der Waals surface area contributed by atoms with Crippen LogP contribution in [-0.4, -0.2) is 42.8 Å². The van der Waals surface area contributed by atoms with E-state index in [0.717, 1.165) is 16.4 Å². The van der Waals surface area contributed by atoms with Gasteiger partial charge in [0.05, 0.1) is 23.7 Å². The predicted octanol–water partition coefficient (Wildman–Crippen LogP) is 5.49. The van der Waals surface area contributed by atoms with Crippen molar-refractivity contribution in [1.29, 1.82) is 0 Å². The fourth-order valence-corrected chi connectivity index (χ4v) is 5.41. The lowest BCUT2D eigenvalue weighted by molar-refractivity contribution is -0.147. The lowest BCUT2D eigenvalue weighted by Crippen LogP contribution is -2.37. The largest absolute Gasteiger partial charge is 0.481 e. The van der Waals surface area contributed by atoms with E-state index in [-0.39, 0.29) is 50.9 Å². The van der Waals surface area contributed by atoms with Crippen LogP contribution in [0.4, 0.5) is 13.2 Å². The van der Waals surface area contributed by atoms with E-state index in [0.29, 0.717) is 16.3 Å². The molecule has 40 heavy (non-hydrogen) atoms. The van der Waals surface area contributed by atoms with Crippen LogP contribution < -0.4 is 5.56 Å². The number of hydrogen-bond acceptors (Lipinski definition) is 4. The Kier molecular flexibility index (Phi) is 8.72. The van der Waals surface area contributed by atoms with Crippen LogP contribution in [0.1, 0.15) is 64.6 Å². The van der Waals surface area contributed by atoms with Gasteiger partial charge in [-0.15, -0.1) is 0 Å². The summed E-state index contributed by atoms with van der Waals surface area (Å²) in [5.41, 5.74) is 0.101. The molecule has 1 aliphatic carbocycles. The molecule has 1 N–H and O–H groups in total. The summed E-state index contributed by atoms with van der Waals surface area (Å²) >= 11 is 5.98. The number of amides is 1. The quantitative estimate of drug-likeness (QED) is 0.381. The first kappa shape index (κ1) is 29.4. The van der Waals surface area contributed by atoms with Crippen LogP contribution in [0.2, 0.25) is 5.02 Å². The van der Waals surface area contributed by atoms with Crippen molar-refractivity contribution in [1.82, 2.24) is 19.2 Å². The van der Waals surface area contributed by atoms with Crippen molar-refractivity contribution in [3.8, 4) is 0 Å². The molecule has 1 fully saturated rings. The van der Waals surface area contributed by atoms with Crippen LogP contribution in [0.25, 0.3) is 0 Å². The molecule has 0 radical (unpaired) electrons. The molecule has 2 heterocycles. The first-order chi connectivity index (χ1) is 18.8. The van der Waals surface area contributed by atoms with Crippen molar-refractivity contribution < 1.29 is 27.9 Å². The predicted molar refractivity (Wildman–Crippen MR) is 142 cm³/mol. The summed E-state index contributed by atoms with van der Waals surface area (Å²) in [5, 5.41) is 13.7. The highest BCUT2D eigenvalue weighted by Gasteiger charge is 2.43. The number of nitrogens with zero attached hydrogens (tertiary/aromatic N) is 4. The molecule has 1 saturated carbocycles. The molecule has 2 aromatic heterocycles. The Bertz CT molecular complexity index is 1440. The number of aromatic nitrogens is 3. The van der Waals surface area contributed by atoms with E-state index in [1.807, 2.05) is 6.07 Å². The van der Waals surface area contributed by atoms with Crippen LogP contribution >= 0.6 is 11.6 Å². The number of alkyl halides is 3. The van der Waals surface area contributed by atoms with Crippen LogP contribution in [0.15, 0.2) is 47.4 Å². The molecular weight excluding hydrogens is 549 g/mol. The number of rotatable bonds is 8. The summed E-state index contributed by atoms with van der Waals surface area (Å²) in [6.07, 6.45) is -3.06. The first-order valence-electron chi connectivity index (χ1n) is 12.9. The summed E-state index contributed by atoms with van der Waals surface area (Å²) in [5.74, 6) is -2.44. The Morgan fingerprint density at radius 3 is 2.33 bits per heavy atom. The standard InChI is InChI=1S/C28H30ClF3N4O4/c1-17-13-18(2)35(24(37)14-17)12-11-34(16-19-3-7-21(29)8-4-19)26(38)23-15-33-36(25(23)28(30,31)32)22-9-5-20(6-10-22)27(39)40/h3-4,7-8,13-15,20,22H,5-6,9-12,16H2,1-2H3,(H,39,40)/t20-,22-. The third kappa shape index (κ3) is 6.57. The number of carboxylic acids is 1. The number of aryl methyl sites for hydroxylation is 2. The molecule has 12 heteroatoms. The van der Waals surface area contributed by atoms with Gasteiger partial charge in [-0.1, -0.05) is 23.7 Å². The van der Waals surface area contributed by atoms with Gasteiger partial charge in [-0.05, 0) is 68.9 Å². The molecule has 8 nitrogen and oxygen atoms in total. The van der Waals surface area contributed by atoms with Crippen molar-refractivity contribution in [2.24, 2.45) is 5.92 Å². The molecule has 214 valence electrons. The SMILES string of the molecule is Cc1cc(C)n(CCN(Cc2ccc(Cl)cc2)C(=O)c2cnn([C@H]3CC[C@H](C(=O)O)CC3)c2C(F)(F)F)c(=O)c1. The molecule has 4 rings (SSSR count). The normalized spacial score (nSPS) is 17.6. The van der Waals surface area contributed by atoms with E-state index in [4.69, 9.17) is 11.6 Å². The summed E-state index contributed by atoms with van der Waals surface area (Å²) in [7, 11) is 0. The summed E-state index contributed by atoms with van der Waals surface area (Å²) < 4.78 is 45.5. The van der Waals surface area contributed by atoms with E-state index in [9.17, 15) is 32.7 Å². The second-order valence-corrected chi connectivity index (χ2v) is 10.6. The number of carbonyl (C=O) groups is 2. The van der Waals surface area contributed by atoms with E-state index in [1.165, 1.54) is 15.5 Å². The summed E-state index contributed by atoms with van der Waals surface area (Å²) in [6.45, 7) is 3.59. The van der Waals surface area contributed by atoms with Crippen LogP contribution in [0.5, 0.6) is 0 Å². The zero-order valence-electron chi connectivity index (χ0n) is 22.1. The van der Waals surface area contributed by atoms with Crippen molar-refractivity contribution in [3.05, 3.63) is 86.0 Å². The molecule has 0 atom stereocenters. The highest BCUT2D eigenvalue weighted by Crippen LogP contribution is 2.39. The monoisotopic (exact) mass is 578 g/mol. The second-order valence-electron chi connectivity index (χ2n) is 10.2. The highest BCUT2D eigenvalue weighted by molar-refractivity contribution is 6.30. The fourth-order valence-electron chi connectivity index (χ4n) is 5.28. The number of carboxylic acid groups (broad SMARTS) is 1. The number of hydrogen-bond donors (Lipinski definition) is 1. The molecule has 1 amide bonds. The number of benzene rings is 1. The van der Waals surface area contributed by atoms with Gasteiger partial charge in [0.2, 0.25) is 0 Å². The average Bonchev–Trinajstić information content (AvgIpc) is 3.34. The molecule has 1 aliphatic rings.